The average Bonchev–Trinajstić information content (AvgIpc) is 2.61. The van der Waals surface area contributed by atoms with Gasteiger partial charge in [-0.25, -0.2) is 9.18 Å². The van der Waals surface area contributed by atoms with Gasteiger partial charge < -0.3 is 14.9 Å². The van der Waals surface area contributed by atoms with Crippen LogP contribution in [0.3, 0.4) is 0 Å². The van der Waals surface area contributed by atoms with Gasteiger partial charge in [-0.3, -0.25) is 0 Å². The van der Waals surface area contributed by atoms with Crippen LogP contribution in [0.5, 0.6) is 0 Å². The van der Waals surface area contributed by atoms with Crippen molar-refractivity contribution in [2.45, 2.75) is 116 Å². The number of halogens is 1. The zero-order valence-corrected chi connectivity index (χ0v) is 16.2. The van der Waals surface area contributed by atoms with E-state index in [9.17, 15) is 19.4 Å². The Morgan fingerprint density at radius 3 is 1.72 bits per heavy atom. The molecule has 0 aliphatic heterocycles. The van der Waals surface area contributed by atoms with Crippen molar-refractivity contribution >= 4 is 5.97 Å². The molecule has 0 rings (SSSR count). The fraction of sp³-hybridized carbons (Fsp3) is 0.950. The summed E-state index contributed by atoms with van der Waals surface area (Å²) >= 11 is 0. The van der Waals surface area contributed by atoms with Crippen LogP contribution in [0.1, 0.15) is 97.3 Å². The molecule has 25 heavy (non-hydrogen) atoms. The van der Waals surface area contributed by atoms with E-state index in [0.717, 1.165) is 12.8 Å². The third-order valence-electron chi connectivity index (χ3n) is 4.56. The van der Waals surface area contributed by atoms with Gasteiger partial charge in [0.1, 0.15) is 12.3 Å². The van der Waals surface area contributed by atoms with Crippen LogP contribution < -0.4 is 0 Å². The summed E-state index contributed by atoms with van der Waals surface area (Å²) in [5, 5.41) is 19.1. The summed E-state index contributed by atoms with van der Waals surface area (Å²) in [5.74, 6) is -0.965. The predicted molar refractivity (Wildman–Crippen MR) is 99.2 cm³/mol. The van der Waals surface area contributed by atoms with E-state index in [-0.39, 0.29) is 13.0 Å². The van der Waals surface area contributed by atoms with Gasteiger partial charge in [-0.2, -0.15) is 0 Å². The van der Waals surface area contributed by atoms with Crippen LogP contribution in [0.2, 0.25) is 0 Å². The molecule has 0 radical (unpaired) electrons. The molecule has 0 saturated heterocycles. The van der Waals surface area contributed by atoms with Gasteiger partial charge in [0.15, 0.2) is 6.10 Å². The van der Waals surface area contributed by atoms with Crippen LogP contribution in [-0.2, 0) is 9.53 Å². The Hall–Kier alpha value is -0.680. The quantitative estimate of drug-likeness (QED) is 0.291. The fourth-order valence-electron chi connectivity index (χ4n) is 2.92. The lowest BCUT2D eigenvalue weighted by Gasteiger charge is -2.19. The molecule has 150 valence electrons. The van der Waals surface area contributed by atoms with Crippen molar-refractivity contribution in [2.24, 2.45) is 0 Å². The predicted octanol–water partition coefficient (Wildman–Crippen LogP) is 4.70. The highest BCUT2D eigenvalue weighted by atomic mass is 19.1. The molecule has 0 aromatic heterocycles. The number of alkyl halides is 1. The lowest BCUT2D eigenvalue weighted by Crippen LogP contribution is -2.41. The molecular formula is C20H39FO4. The number of aliphatic hydroxyl groups excluding tert-OH is 2. The Kier molecular flexibility index (Phi) is 16.3. The maximum absolute atomic E-state index is 13.8. The highest BCUT2D eigenvalue weighted by Crippen LogP contribution is 2.16. The van der Waals surface area contributed by atoms with Crippen molar-refractivity contribution in [1.29, 1.82) is 0 Å². The standard InChI is InChI=1S/C20H39FO4/c1-3-5-6-7-8-9-10-11-12-13-14-15-16-17(21)18(22)19(23)20(24)25-4-2/h17-19,22-23H,3-16H2,1-2H3. The van der Waals surface area contributed by atoms with E-state index < -0.39 is 24.3 Å². The second-order valence-electron chi connectivity index (χ2n) is 6.88. The molecular weight excluding hydrogens is 323 g/mol. The van der Waals surface area contributed by atoms with Crippen molar-refractivity contribution in [3.63, 3.8) is 0 Å². The molecule has 0 amide bonds. The number of unbranched alkanes of at least 4 members (excludes halogenated alkanes) is 11. The number of hydrogen-bond donors (Lipinski definition) is 2. The normalized spacial score (nSPS) is 14.9. The highest BCUT2D eigenvalue weighted by molar-refractivity contribution is 5.75. The molecule has 0 saturated carbocycles. The molecule has 0 aromatic carbocycles. The van der Waals surface area contributed by atoms with Crippen molar-refractivity contribution in [3.05, 3.63) is 0 Å². The Balaban J connectivity index is 3.50. The minimum Gasteiger partial charge on any atom is -0.464 e. The Labute approximate surface area is 153 Å². The van der Waals surface area contributed by atoms with Crippen LogP contribution in [0, 0.1) is 0 Å². The second-order valence-corrected chi connectivity index (χ2v) is 6.88. The topological polar surface area (TPSA) is 66.8 Å². The average molecular weight is 363 g/mol. The summed E-state index contributed by atoms with van der Waals surface area (Å²) in [4.78, 5) is 11.3. The molecule has 0 fully saturated rings. The van der Waals surface area contributed by atoms with Gasteiger partial charge in [0.25, 0.3) is 0 Å². The van der Waals surface area contributed by atoms with Gasteiger partial charge in [-0.05, 0) is 13.3 Å². The van der Waals surface area contributed by atoms with Gasteiger partial charge in [0, 0.05) is 0 Å². The van der Waals surface area contributed by atoms with Gasteiger partial charge in [-0.1, -0.05) is 84.0 Å². The van der Waals surface area contributed by atoms with Crippen LogP contribution in [0.15, 0.2) is 0 Å². The molecule has 3 atom stereocenters. The second kappa shape index (κ2) is 16.8. The van der Waals surface area contributed by atoms with Crippen LogP contribution in [0.4, 0.5) is 4.39 Å². The maximum Gasteiger partial charge on any atom is 0.337 e. The zero-order valence-electron chi connectivity index (χ0n) is 16.2. The van der Waals surface area contributed by atoms with E-state index in [4.69, 9.17) is 0 Å². The van der Waals surface area contributed by atoms with Crippen LogP contribution >= 0.6 is 0 Å². The van der Waals surface area contributed by atoms with Crippen molar-refractivity contribution in [1.82, 2.24) is 0 Å². The maximum atomic E-state index is 13.8. The molecule has 4 nitrogen and oxygen atoms in total. The van der Waals surface area contributed by atoms with Gasteiger partial charge in [-0.15, -0.1) is 0 Å². The molecule has 0 aromatic rings. The first-order chi connectivity index (χ1) is 12.0. The zero-order chi connectivity index (χ0) is 18.9. The largest absolute Gasteiger partial charge is 0.464 e. The van der Waals surface area contributed by atoms with Gasteiger partial charge in [0.05, 0.1) is 6.61 Å². The summed E-state index contributed by atoms with van der Waals surface area (Å²) in [7, 11) is 0. The molecule has 2 N–H and O–H groups in total. The Morgan fingerprint density at radius 2 is 1.28 bits per heavy atom. The van der Waals surface area contributed by atoms with E-state index >= 15 is 0 Å². The van der Waals surface area contributed by atoms with Crippen LogP contribution in [-0.4, -0.2) is 41.2 Å². The molecule has 5 heteroatoms. The molecule has 0 heterocycles. The Bertz CT molecular complexity index is 312. The molecule has 0 spiro atoms. The number of esters is 1. The SMILES string of the molecule is CCCCCCCCCCCCCCC(F)C(O)C(O)C(=O)OCC. The molecule has 3 unspecified atom stereocenters. The number of aliphatic hydroxyl groups is 2. The van der Waals surface area contributed by atoms with E-state index in [1.54, 1.807) is 6.92 Å². The summed E-state index contributed by atoms with van der Waals surface area (Å²) < 4.78 is 18.4. The van der Waals surface area contributed by atoms with Crippen molar-refractivity contribution < 1.29 is 24.1 Å². The van der Waals surface area contributed by atoms with Gasteiger partial charge in [0.2, 0.25) is 0 Å². The number of rotatable bonds is 17. The molecule has 0 aliphatic rings. The third-order valence-corrected chi connectivity index (χ3v) is 4.56. The van der Waals surface area contributed by atoms with Crippen molar-refractivity contribution in [3.8, 4) is 0 Å². The Morgan fingerprint density at radius 1 is 0.840 bits per heavy atom. The summed E-state index contributed by atoms with van der Waals surface area (Å²) in [5.41, 5.74) is 0. The minimum absolute atomic E-state index is 0.0955. The minimum atomic E-state index is -1.80. The lowest BCUT2D eigenvalue weighted by molar-refractivity contribution is -0.162. The summed E-state index contributed by atoms with van der Waals surface area (Å²) in [6.45, 7) is 3.92. The molecule has 0 bridgehead atoms. The van der Waals surface area contributed by atoms with E-state index in [1.165, 1.54) is 57.8 Å². The first-order valence-electron chi connectivity index (χ1n) is 10.2. The molecule has 0 aliphatic carbocycles. The number of hydrogen-bond acceptors (Lipinski definition) is 4. The number of carbonyl (C=O) groups excluding carboxylic acids is 1. The van der Waals surface area contributed by atoms with E-state index in [0.29, 0.717) is 6.42 Å². The summed E-state index contributed by atoms with van der Waals surface area (Å²) in [6.07, 6.45) is 9.39. The highest BCUT2D eigenvalue weighted by Gasteiger charge is 2.32. The van der Waals surface area contributed by atoms with Gasteiger partial charge >= 0.3 is 5.97 Å². The first-order valence-corrected chi connectivity index (χ1v) is 10.2. The third kappa shape index (κ3) is 13.2. The van der Waals surface area contributed by atoms with E-state index in [1.807, 2.05) is 0 Å². The van der Waals surface area contributed by atoms with E-state index in [2.05, 4.69) is 11.7 Å². The van der Waals surface area contributed by atoms with Crippen molar-refractivity contribution in [2.75, 3.05) is 6.61 Å². The summed E-state index contributed by atoms with van der Waals surface area (Å²) in [6, 6.07) is 0. The lowest BCUT2D eigenvalue weighted by atomic mass is 10.0. The fourth-order valence-corrected chi connectivity index (χ4v) is 2.92. The number of ether oxygens (including phenoxy) is 1. The first kappa shape index (κ1) is 24.3. The van der Waals surface area contributed by atoms with Crippen LogP contribution in [0.25, 0.3) is 0 Å². The smallest absolute Gasteiger partial charge is 0.337 e. The number of carbonyl (C=O) groups is 1. The monoisotopic (exact) mass is 362 g/mol.